The van der Waals surface area contributed by atoms with Gasteiger partial charge in [0.15, 0.2) is 0 Å². The number of rotatable bonds is 3. The number of hydrogen-bond donors (Lipinski definition) is 0. The molecular formula is C15H16Br2S. The Labute approximate surface area is 130 Å². The Balaban J connectivity index is 2.46. The van der Waals surface area contributed by atoms with Crippen LogP contribution in [0.15, 0.2) is 28.1 Å². The lowest BCUT2D eigenvalue weighted by Crippen LogP contribution is -1.98. The highest BCUT2D eigenvalue weighted by atomic mass is 79.9. The van der Waals surface area contributed by atoms with E-state index in [1.807, 2.05) is 11.3 Å². The largest absolute Gasteiger partial charge is 0.147 e. The molecule has 0 spiro atoms. The van der Waals surface area contributed by atoms with Crippen molar-refractivity contribution in [3.8, 4) is 0 Å². The molecule has 1 aromatic carbocycles. The standard InChI is InChI=1S/C15H16Br2S/c1-4-11-5-6-18-15(11)14(17)12-7-10(3)13(16)8-9(12)2/h5-8,14H,4H2,1-3H3. The maximum Gasteiger partial charge on any atom is 0.0743 e. The van der Waals surface area contributed by atoms with Gasteiger partial charge >= 0.3 is 0 Å². The number of alkyl halides is 1. The molecule has 0 aliphatic rings. The minimum Gasteiger partial charge on any atom is -0.147 e. The van der Waals surface area contributed by atoms with Crippen LogP contribution in [0.4, 0.5) is 0 Å². The van der Waals surface area contributed by atoms with E-state index in [4.69, 9.17) is 0 Å². The third-order valence-corrected chi connectivity index (χ3v) is 6.34. The molecule has 0 amide bonds. The summed E-state index contributed by atoms with van der Waals surface area (Å²) in [6, 6.07) is 6.71. The molecule has 1 heterocycles. The zero-order valence-electron chi connectivity index (χ0n) is 10.8. The Kier molecular flexibility index (Phi) is 4.68. The average Bonchev–Trinajstić information content (AvgIpc) is 2.81. The first-order chi connectivity index (χ1) is 8.54. The highest BCUT2D eigenvalue weighted by molar-refractivity contribution is 9.10. The van der Waals surface area contributed by atoms with Crippen LogP contribution in [-0.2, 0) is 6.42 Å². The fourth-order valence-corrected chi connectivity index (χ4v) is 4.64. The van der Waals surface area contributed by atoms with E-state index in [2.05, 4.69) is 76.2 Å². The van der Waals surface area contributed by atoms with Crippen molar-refractivity contribution in [2.45, 2.75) is 32.0 Å². The zero-order chi connectivity index (χ0) is 13.3. The number of hydrogen-bond acceptors (Lipinski definition) is 1. The van der Waals surface area contributed by atoms with Crippen molar-refractivity contribution in [2.24, 2.45) is 0 Å². The lowest BCUT2D eigenvalue weighted by atomic mass is 10.0. The predicted octanol–water partition coefficient (Wildman–Crippen LogP) is 6.17. The van der Waals surface area contributed by atoms with Gasteiger partial charge in [-0.2, -0.15) is 0 Å². The van der Waals surface area contributed by atoms with Crippen LogP contribution in [0.3, 0.4) is 0 Å². The van der Waals surface area contributed by atoms with E-state index in [0.717, 1.165) is 6.42 Å². The Bertz CT molecular complexity index is 558. The predicted molar refractivity (Wildman–Crippen MR) is 88.1 cm³/mol. The molecule has 1 atom stereocenters. The third-order valence-electron chi connectivity index (χ3n) is 3.21. The Morgan fingerprint density at radius 1 is 1.22 bits per heavy atom. The van der Waals surface area contributed by atoms with E-state index in [0.29, 0.717) is 4.83 Å². The minimum absolute atomic E-state index is 0.305. The fourth-order valence-electron chi connectivity index (χ4n) is 2.08. The van der Waals surface area contributed by atoms with Crippen LogP contribution >= 0.6 is 43.2 Å². The van der Waals surface area contributed by atoms with Crippen molar-refractivity contribution < 1.29 is 0 Å². The van der Waals surface area contributed by atoms with E-state index in [9.17, 15) is 0 Å². The summed E-state index contributed by atoms with van der Waals surface area (Å²) in [6.07, 6.45) is 1.09. The summed E-state index contributed by atoms with van der Waals surface area (Å²) in [6.45, 7) is 6.53. The van der Waals surface area contributed by atoms with Gasteiger partial charge in [-0.1, -0.05) is 44.8 Å². The maximum absolute atomic E-state index is 3.87. The lowest BCUT2D eigenvalue weighted by Gasteiger charge is -2.15. The lowest BCUT2D eigenvalue weighted by molar-refractivity contribution is 1.08. The third kappa shape index (κ3) is 2.73. The molecule has 0 N–H and O–H groups in total. The average molecular weight is 388 g/mol. The summed E-state index contributed by atoms with van der Waals surface area (Å²) < 4.78 is 1.19. The Morgan fingerprint density at radius 3 is 2.61 bits per heavy atom. The van der Waals surface area contributed by atoms with Crippen molar-refractivity contribution in [1.82, 2.24) is 0 Å². The molecule has 2 rings (SSSR count). The van der Waals surface area contributed by atoms with Crippen molar-refractivity contribution >= 4 is 43.2 Å². The van der Waals surface area contributed by atoms with Gasteiger partial charge in [-0.15, -0.1) is 11.3 Å². The molecule has 0 saturated heterocycles. The van der Waals surface area contributed by atoms with Crippen LogP contribution in [0, 0.1) is 13.8 Å². The summed E-state index contributed by atoms with van der Waals surface area (Å²) in [5.41, 5.74) is 5.43. The molecule has 0 bridgehead atoms. The Hall–Kier alpha value is -0.120. The highest BCUT2D eigenvalue weighted by Crippen LogP contribution is 2.39. The molecule has 0 fully saturated rings. The maximum atomic E-state index is 3.87. The van der Waals surface area contributed by atoms with Gasteiger partial charge in [0.05, 0.1) is 4.83 Å². The van der Waals surface area contributed by atoms with Gasteiger partial charge in [0, 0.05) is 9.35 Å². The number of thiophene rings is 1. The van der Waals surface area contributed by atoms with E-state index in [1.54, 1.807) is 0 Å². The van der Waals surface area contributed by atoms with Crippen LogP contribution < -0.4 is 0 Å². The van der Waals surface area contributed by atoms with Crippen LogP contribution in [0.1, 0.15) is 38.9 Å². The van der Waals surface area contributed by atoms with Crippen molar-refractivity contribution in [3.63, 3.8) is 0 Å². The molecule has 1 aromatic heterocycles. The normalized spacial score (nSPS) is 12.7. The van der Waals surface area contributed by atoms with E-state index < -0.39 is 0 Å². The summed E-state index contributed by atoms with van der Waals surface area (Å²) in [5, 5.41) is 2.18. The van der Waals surface area contributed by atoms with Gasteiger partial charge in [0.25, 0.3) is 0 Å². The minimum atomic E-state index is 0.305. The molecule has 2 aromatic rings. The van der Waals surface area contributed by atoms with Gasteiger partial charge in [-0.3, -0.25) is 0 Å². The molecular weight excluding hydrogens is 372 g/mol. The first kappa shape index (κ1) is 14.3. The van der Waals surface area contributed by atoms with E-state index in [1.165, 1.54) is 31.6 Å². The van der Waals surface area contributed by atoms with Gasteiger partial charge in [0.1, 0.15) is 0 Å². The highest BCUT2D eigenvalue weighted by Gasteiger charge is 2.17. The quantitative estimate of drug-likeness (QED) is 0.552. The second kappa shape index (κ2) is 5.89. The molecule has 3 heteroatoms. The fraction of sp³-hybridized carbons (Fsp3) is 0.333. The molecule has 18 heavy (non-hydrogen) atoms. The number of benzene rings is 1. The van der Waals surface area contributed by atoms with Gasteiger partial charge in [-0.05, 0) is 60.0 Å². The van der Waals surface area contributed by atoms with Crippen LogP contribution in [0.5, 0.6) is 0 Å². The number of aryl methyl sites for hydroxylation is 3. The van der Waals surface area contributed by atoms with E-state index >= 15 is 0 Å². The first-order valence-electron chi connectivity index (χ1n) is 6.01. The molecule has 0 saturated carbocycles. The molecule has 0 aliphatic carbocycles. The summed E-state index contributed by atoms with van der Waals surface area (Å²) in [4.78, 5) is 1.74. The van der Waals surface area contributed by atoms with E-state index in [-0.39, 0.29) is 0 Å². The second-order valence-electron chi connectivity index (χ2n) is 4.48. The van der Waals surface area contributed by atoms with Crippen molar-refractivity contribution in [3.05, 3.63) is 55.2 Å². The monoisotopic (exact) mass is 386 g/mol. The van der Waals surface area contributed by atoms with Crippen LogP contribution in [0.2, 0.25) is 0 Å². The molecule has 0 nitrogen and oxygen atoms in total. The van der Waals surface area contributed by atoms with Gasteiger partial charge in [0.2, 0.25) is 0 Å². The Morgan fingerprint density at radius 2 is 1.94 bits per heavy atom. The molecule has 0 radical (unpaired) electrons. The van der Waals surface area contributed by atoms with Crippen molar-refractivity contribution in [2.75, 3.05) is 0 Å². The van der Waals surface area contributed by atoms with Crippen LogP contribution in [0.25, 0.3) is 0 Å². The first-order valence-corrected chi connectivity index (χ1v) is 8.60. The summed E-state index contributed by atoms with van der Waals surface area (Å²) in [5.74, 6) is 0. The molecule has 96 valence electrons. The smallest absolute Gasteiger partial charge is 0.0743 e. The van der Waals surface area contributed by atoms with Gasteiger partial charge < -0.3 is 0 Å². The van der Waals surface area contributed by atoms with Crippen molar-refractivity contribution in [1.29, 1.82) is 0 Å². The molecule has 0 aliphatic heterocycles. The summed E-state index contributed by atoms with van der Waals surface area (Å²) in [7, 11) is 0. The molecule has 1 unspecified atom stereocenters. The number of halogens is 2. The van der Waals surface area contributed by atoms with Crippen LogP contribution in [-0.4, -0.2) is 0 Å². The zero-order valence-corrected chi connectivity index (χ0v) is 14.7. The SMILES string of the molecule is CCc1ccsc1C(Br)c1cc(C)c(Br)cc1C. The van der Waals surface area contributed by atoms with Gasteiger partial charge in [-0.25, -0.2) is 0 Å². The topological polar surface area (TPSA) is 0 Å². The second-order valence-corrected chi connectivity index (χ2v) is 7.20. The summed E-state index contributed by atoms with van der Waals surface area (Å²) >= 11 is 9.30.